The molecule has 13 nitrogen and oxygen atoms in total. The number of hydrogen-bond donors (Lipinski definition) is 3. The SMILES string of the molecule is CC(C)N1C[C@H]2C[C@@H]1CN2c1ccc(Nc2ncc(-c3coc(C(N)=O)c3)n3ncnc23)cc1.O=S(=O)(O)c1ccccc1. The van der Waals surface area contributed by atoms with Crippen molar-refractivity contribution in [3.05, 3.63) is 85.2 Å². The number of furan rings is 1. The van der Waals surface area contributed by atoms with E-state index in [4.69, 9.17) is 14.7 Å². The fourth-order valence-electron chi connectivity index (χ4n) is 5.81. The Balaban J connectivity index is 0.000000294. The largest absolute Gasteiger partial charge is 0.458 e. The molecule has 14 heteroatoms. The Morgan fingerprint density at radius 3 is 2.41 bits per heavy atom. The van der Waals surface area contributed by atoms with Gasteiger partial charge in [-0.2, -0.15) is 13.5 Å². The predicted octanol–water partition coefficient (Wildman–Crippen LogP) is 3.83. The third kappa shape index (κ3) is 5.86. The van der Waals surface area contributed by atoms with Crippen LogP contribution in [0.3, 0.4) is 0 Å². The molecule has 2 saturated heterocycles. The molecule has 2 aliphatic rings. The Hall–Kier alpha value is -4.79. The Labute approximate surface area is 254 Å². The maximum absolute atomic E-state index is 11.4. The van der Waals surface area contributed by atoms with Crippen molar-refractivity contribution in [3.63, 3.8) is 0 Å². The highest BCUT2D eigenvalue weighted by Crippen LogP contribution is 2.36. The van der Waals surface area contributed by atoms with Crippen LogP contribution in [0.4, 0.5) is 17.2 Å². The number of anilines is 3. The van der Waals surface area contributed by atoms with Crippen LogP contribution in [-0.4, -0.2) is 74.6 Å². The zero-order valence-corrected chi connectivity index (χ0v) is 24.9. The van der Waals surface area contributed by atoms with Gasteiger partial charge in [-0.3, -0.25) is 14.2 Å². The van der Waals surface area contributed by atoms with Crippen LogP contribution in [0.15, 0.2) is 88.8 Å². The lowest BCUT2D eigenvalue weighted by Crippen LogP contribution is -2.48. The molecular weight excluding hydrogens is 584 g/mol. The van der Waals surface area contributed by atoms with E-state index in [1.165, 1.54) is 36.8 Å². The van der Waals surface area contributed by atoms with Gasteiger partial charge < -0.3 is 20.4 Å². The maximum atomic E-state index is 11.4. The number of nitrogens with two attached hydrogens (primary N) is 1. The molecule has 5 aromatic rings. The van der Waals surface area contributed by atoms with Gasteiger partial charge in [0.05, 0.1) is 16.8 Å². The number of amides is 1. The molecule has 0 saturated carbocycles. The molecule has 3 aromatic heterocycles. The average molecular weight is 617 g/mol. The Kier molecular flexibility index (Phi) is 7.80. The van der Waals surface area contributed by atoms with Crippen molar-refractivity contribution in [3.8, 4) is 11.3 Å². The third-order valence-corrected chi connectivity index (χ3v) is 8.76. The number of carbonyl (C=O) groups is 1. The predicted molar refractivity (Wildman–Crippen MR) is 164 cm³/mol. The van der Waals surface area contributed by atoms with Crippen molar-refractivity contribution >= 4 is 38.9 Å². The lowest BCUT2D eigenvalue weighted by molar-refractivity contribution is 0.0974. The van der Waals surface area contributed by atoms with Crippen molar-refractivity contribution in [2.75, 3.05) is 23.3 Å². The number of hydrogen-bond acceptors (Lipinski definition) is 10. The standard InChI is InChI=1S/C24H26N8O2.C6H6O3S/c1-14(2)30-10-19-8-18(30)11-31(19)17-5-3-16(4-6-17)29-23-24-27-13-28-32(24)20(9-26-23)15-7-21(22(25)33)34-12-15;7-10(8,9)6-4-2-1-3-5-6/h3-7,9,12-14,18-19H,8,10-11H2,1-2H3,(H2,25,33)(H,26,29);1-5H,(H,7,8,9)/t18-,19-;/m1./s1. The number of nitrogens with zero attached hydrogens (tertiary/aromatic N) is 6. The molecule has 2 aliphatic heterocycles. The minimum atomic E-state index is -4.00. The van der Waals surface area contributed by atoms with Crippen LogP contribution in [0.25, 0.3) is 16.9 Å². The molecule has 228 valence electrons. The minimum Gasteiger partial charge on any atom is -0.458 e. The second-order valence-electron chi connectivity index (χ2n) is 11.0. The van der Waals surface area contributed by atoms with Gasteiger partial charge in [-0.15, -0.1) is 0 Å². The molecule has 2 aromatic carbocycles. The zero-order valence-electron chi connectivity index (χ0n) is 24.1. The van der Waals surface area contributed by atoms with Gasteiger partial charge in [-0.05, 0) is 62.7 Å². The number of rotatable bonds is 7. The van der Waals surface area contributed by atoms with Crippen molar-refractivity contribution < 1.29 is 22.2 Å². The molecule has 2 atom stereocenters. The van der Waals surface area contributed by atoms with Crippen molar-refractivity contribution in [2.45, 2.75) is 43.3 Å². The second-order valence-corrected chi connectivity index (χ2v) is 12.4. The first-order chi connectivity index (χ1) is 21.1. The van der Waals surface area contributed by atoms with Crippen molar-refractivity contribution in [1.29, 1.82) is 0 Å². The highest BCUT2D eigenvalue weighted by atomic mass is 32.2. The van der Waals surface area contributed by atoms with Crippen LogP contribution >= 0.6 is 0 Å². The molecule has 0 unspecified atom stereocenters. The third-order valence-electron chi connectivity index (χ3n) is 7.89. The number of piperazine rings is 1. The summed E-state index contributed by atoms with van der Waals surface area (Å²) in [7, 11) is -4.00. The smallest absolute Gasteiger partial charge is 0.294 e. The lowest BCUT2D eigenvalue weighted by atomic mass is 10.2. The first kappa shape index (κ1) is 29.3. The van der Waals surface area contributed by atoms with E-state index in [9.17, 15) is 13.2 Å². The van der Waals surface area contributed by atoms with Gasteiger partial charge >= 0.3 is 0 Å². The number of aromatic nitrogens is 4. The summed E-state index contributed by atoms with van der Waals surface area (Å²) in [6, 6.07) is 19.3. The molecule has 4 N–H and O–H groups in total. The summed E-state index contributed by atoms with van der Waals surface area (Å²) in [4.78, 5) is 25.4. The van der Waals surface area contributed by atoms with E-state index in [1.54, 1.807) is 35.0 Å². The van der Waals surface area contributed by atoms with Gasteiger partial charge in [0, 0.05) is 48.2 Å². The number of carbonyl (C=O) groups excluding carboxylic acids is 1. The van der Waals surface area contributed by atoms with Crippen molar-refractivity contribution in [1.82, 2.24) is 24.5 Å². The molecule has 44 heavy (non-hydrogen) atoms. The topological polar surface area (TPSA) is 172 Å². The number of nitrogens with one attached hydrogen (secondary N) is 1. The first-order valence-electron chi connectivity index (χ1n) is 14.1. The van der Waals surface area contributed by atoms with E-state index in [-0.39, 0.29) is 10.7 Å². The Bertz CT molecular complexity index is 1890. The van der Waals surface area contributed by atoms with E-state index < -0.39 is 16.0 Å². The highest BCUT2D eigenvalue weighted by molar-refractivity contribution is 7.85. The summed E-state index contributed by atoms with van der Waals surface area (Å²) >= 11 is 0. The van der Waals surface area contributed by atoms with Crippen molar-refractivity contribution in [2.24, 2.45) is 5.73 Å². The van der Waals surface area contributed by atoms with Gasteiger partial charge in [0.15, 0.2) is 17.2 Å². The van der Waals surface area contributed by atoms with Gasteiger partial charge in [0.1, 0.15) is 12.6 Å². The van der Waals surface area contributed by atoms with Crippen LogP contribution in [0.5, 0.6) is 0 Å². The van der Waals surface area contributed by atoms with Crippen LogP contribution < -0.4 is 16.0 Å². The second kappa shape index (κ2) is 11.7. The van der Waals surface area contributed by atoms with Crippen LogP contribution in [0.1, 0.15) is 30.8 Å². The number of likely N-dealkylation sites (tertiary alicyclic amines) is 1. The quantitative estimate of drug-likeness (QED) is 0.227. The van der Waals surface area contributed by atoms with E-state index in [2.05, 4.69) is 68.3 Å². The summed E-state index contributed by atoms with van der Waals surface area (Å²) in [5.74, 6) is 0.0314. The summed E-state index contributed by atoms with van der Waals surface area (Å²) in [5.41, 5.74) is 9.31. The summed E-state index contributed by atoms with van der Waals surface area (Å²) in [6.45, 7) is 6.80. The molecule has 0 radical (unpaired) electrons. The Morgan fingerprint density at radius 1 is 1.07 bits per heavy atom. The summed E-state index contributed by atoms with van der Waals surface area (Å²) in [6.07, 6.45) is 5.83. The molecular formula is C30H32N8O5S. The molecule has 5 heterocycles. The molecule has 2 fully saturated rings. The first-order valence-corrected chi connectivity index (χ1v) is 15.5. The van der Waals surface area contributed by atoms with Crippen LogP contribution in [-0.2, 0) is 10.1 Å². The lowest BCUT2D eigenvalue weighted by Gasteiger charge is -2.37. The normalized spacial score (nSPS) is 18.0. The molecule has 0 spiro atoms. The Morgan fingerprint density at radius 2 is 1.82 bits per heavy atom. The van der Waals surface area contributed by atoms with Gasteiger partial charge in [-0.1, -0.05) is 18.2 Å². The monoisotopic (exact) mass is 616 g/mol. The fraction of sp³-hybridized carbons (Fsp3) is 0.267. The number of fused-ring (bicyclic) bond motifs is 3. The summed E-state index contributed by atoms with van der Waals surface area (Å²) in [5, 5.41) is 7.67. The van der Waals surface area contributed by atoms with Gasteiger partial charge in [-0.25, -0.2) is 14.5 Å². The van der Waals surface area contributed by atoms with Gasteiger partial charge in [0.25, 0.3) is 16.0 Å². The summed E-state index contributed by atoms with van der Waals surface area (Å²) < 4.78 is 36.1. The van der Waals surface area contributed by atoms with E-state index in [0.717, 1.165) is 18.8 Å². The van der Waals surface area contributed by atoms with Crippen LogP contribution in [0.2, 0.25) is 0 Å². The minimum absolute atomic E-state index is 0.0741. The fourth-order valence-corrected chi connectivity index (χ4v) is 6.32. The van der Waals surface area contributed by atoms with E-state index in [0.29, 0.717) is 40.8 Å². The maximum Gasteiger partial charge on any atom is 0.294 e. The number of benzene rings is 2. The average Bonchev–Trinajstić information content (AvgIpc) is 3.82. The highest BCUT2D eigenvalue weighted by Gasteiger charge is 2.43. The molecule has 2 bridgehead atoms. The van der Waals surface area contributed by atoms with E-state index >= 15 is 0 Å². The van der Waals surface area contributed by atoms with Gasteiger partial charge in [0.2, 0.25) is 0 Å². The zero-order chi connectivity index (χ0) is 31.0. The molecule has 7 rings (SSSR count). The van der Waals surface area contributed by atoms with E-state index in [1.807, 2.05) is 0 Å². The van der Waals surface area contributed by atoms with Crippen LogP contribution in [0, 0.1) is 0 Å². The molecule has 0 aliphatic carbocycles. The molecule has 1 amide bonds. The number of primary amides is 1.